The molecular weight excluding hydrogens is 278 g/mol. The van der Waals surface area contributed by atoms with Gasteiger partial charge in [-0.05, 0) is 42.3 Å². The fourth-order valence-electron chi connectivity index (χ4n) is 2.24. The van der Waals surface area contributed by atoms with Crippen LogP contribution in [0.15, 0.2) is 42.5 Å². The van der Waals surface area contributed by atoms with Gasteiger partial charge in [0.15, 0.2) is 0 Å². The first-order valence-electron chi connectivity index (χ1n) is 7.06. The van der Waals surface area contributed by atoms with Crippen molar-refractivity contribution in [1.82, 2.24) is 15.3 Å². The zero-order valence-corrected chi connectivity index (χ0v) is 12.2. The van der Waals surface area contributed by atoms with Gasteiger partial charge in [-0.15, -0.1) is 0 Å². The fraction of sp³-hybridized carbons (Fsp3) is 0.125. The van der Waals surface area contributed by atoms with Crippen molar-refractivity contribution in [2.24, 2.45) is 0 Å². The van der Waals surface area contributed by atoms with Gasteiger partial charge in [0.1, 0.15) is 0 Å². The van der Waals surface area contributed by atoms with Crippen molar-refractivity contribution >= 4 is 28.7 Å². The molecule has 0 unspecified atom stereocenters. The highest BCUT2D eigenvalue weighted by Crippen LogP contribution is 2.25. The Bertz CT molecular complexity index is 807. The van der Waals surface area contributed by atoms with Crippen molar-refractivity contribution < 1.29 is 4.79 Å². The molecular formula is C16H17N5O. The van der Waals surface area contributed by atoms with Crippen molar-refractivity contribution in [3.8, 4) is 11.1 Å². The fourth-order valence-corrected chi connectivity index (χ4v) is 2.24. The van der Waals surface area contributed by atoms with E-state index in [2.05, 4.69) is 20.6 Å². The summed E-state index contributed by atoms with van der Waals surface area (Å²) in [6, 6.07) is 13.3. The number of hydrogen-bond acceptors (Lipinski definition) is 3. The Kier molecular flexibility index (Phi) is 3.65. The third-order valence-corrected chi connectivity index (χ3v) is 3.30. The van der Waals surface area contributed by atoms with Gasteiger partial charge in [0.05, 0.1) is 11.0 Å². The lowest BCUT2D eigenvalue weighted by atomic mass is 10.0. The Morgan fingerprint density at radius 1 is 1.18 bits per heavy atom. The summed E-state index contributed by atoms with van der Waals surface area (Å²) in [7, 11) is 0. The lowest BCUT2D eigenvalue weighted by Gasteiger charge is -2.02. The number of nitrogen functional groups attached to an aromatic ring is 1. The van der Waals surface area contributed by atoms with E-state index in [1.807, 2.05) is 49.4 Å². The van der Waals surface area contributed by atoms with Gasteiger partial charge in [-0.25, -0.2) is 9.78 Å². The number of nitrogens with zero attached hydrogens (tertiary/aromatic N) is 1. The molecule has 0 aliphatic heterocycles. The molecule has 1 aromatic heterocycles. The minimum absolute atomic E-state index is 0.277. The van der Waals surface area contributed by atoms with E-state index in [9.17, 15) is 4.79 Å². The average Bonchev–Trinajstić information content (AvgIpc) is 2.89. The Hall–Kier alpha value is -3.02. The summed E-state index contributed by atoms with van der Waals surface area (Å²) in [5.41, 5.74) is 10.2. The van der Waals surface area contributed by atoms with Crippen LogP contribution >= 0.6 is 0 Å². The number of rotatable bonds is 3. The molecule has 0 saturated carbocycles. The van der Waals surface area contributed by atoms with E-state index in [-0.39, 0.29) is 6.03 Å². The minimum atomic E-state index is -0.277. The van der Waals surface area contributed by atoms with Crippen LogP contribution in [0.3, 0.4) is 0 Å². The van der Waals surface area contributed by atoms with Gasteiger partial charge >= 0.3 is 6.03 Å². The molecule has 0 radical (unpaired) electrons. The van der Waals surface area contributed by atoms with Gasteiger partial charge in [0.2, 0.25) is 5.95 Å². The van der Waals surface area contributed by atoms with Crippen LogP contribution in [-0.4, -0.2) is 22.5 Å². The van der Waals surface area contributed by atoms with E-state index >= 15 is 0 Å². The van der Waals surface area contributed by atoms with E-state index in [0.29, 0.717) is 12.5 Å². The Morgan fingerprint density at radius 3 is 2.64 bits per heavy atom. The summed E-state index contributed by atoms with van der Waals surface area (Å²) < 4.78 is 0. The van der Waals surface area contributed by atoms with E-state index in [1.165, 1.54) is 0 Å². The summed E-state index contributed by atoms with van der Waals surface area (Å²) in [6.45, 7) is 2.42. The molecule has 3 rings (SSSR count). The first-order chi connectivity index (χ1) is 10.7. The minimum Gasteiger partial charge on any atom is -0.399 e. The number of H-pyrrole nitrogens is 1. The Labute approximate surface area is 127 Å². The molecule has 112 valence electrons. The summed E-state index contributed by atoms with van der Waals surface area (Å²) in [4.78, 5) is 19.0. The maximum atomic E-state index is 11.5. The number of anilines is 2. The van der Waals surface area contributed by atoms with Gasteiger partial charge < -0.3 is 16.0 Å². The number of nitrogens with one attached hydrogen (secondary N) is 3. The van der Waals surface area contributed by atoms with Gasteiger partial charge in [0, 0.05) is 12.2 Å². The van der Waals surface area contributed by atoms with Crippen molar-refractivity contribution in [3.05, 3.63) is 42.5 Å². The van der Waals surface area contributed by atoms with Crippen LogP contribution in [0.2, 0.25) is 0 Å². The number of aromatic nitrogens is 2. The number of hydrogen-bond donors (Lipinski definition) is 4. The number of urea groups is 1. The van der Waals surface area contributed by atoms with Gasteiger partial charge in [-0.2, -0.15) is 0 Å². The van der Waals surface area contributed by atoms with Crippen LogP contribution in [0.4, 0.5) is 16.4 Å². The van der Waals surface area contributed by atoms with Crippen molar-refractivity contribution in [2.75, 3.05) is 17.6 Å². The summed E-state index contributed by atoms with van der Waals surface area (Å²) in [5, 5.41) is 5.32. The quantitative estimate of drug-likeness (QED) is 0.559. The average molecular weight is 295 g/mol. The van der Waals surface area contributed by atoms with Crippen LogP contribution < -0.4 is 16.4 Å². The molecule has 6 nitrogen and oxygen atoms in total. The van der Waals surface area contributed by atoms with Crippen molar-refractivity contribution in [2.45, 2.75) is 6.92 Å². The second kappa shape index (κ2) is 5.77. The molecule has 22 heavy (non-hydrogen) atoms. The van der Waals surface area contributed by atoms with Crippen LogP contribution in [-0.2, 0) is 0 Å². The summed E-state index contributed by atoms with van der Waals surface area (Å²) in [6.07, 6.45) is 0. The standard InChI is InChI=1S/C16H17N5O/c1-2-18-16(22)21-15-19-13-8-5-11(9-14(13)20-15)10-3-6-12(17)7-4-10/h3-9H,2,17H2,1H3,(H3,18,19,20,21,22). The number of imidazole rings is 1. The maximum absolute atomic E-state index is 11.5. The lowest BCUT2D eigenvalue weighted by molar-refractivity contribution is 0.252. The Balaban J connectivity index is 1.90. The molecule has 0 spiro atoms. The number of carbonyl (C=O) groups is 1. The second-order valence-electron chi connectivity index (χ2n) is 4.92. The molecule has 2 aromatic carbocycles. The number of nitrogens with two attached hydrogens (primary N) is 1. The molecule has 6 heteroatoms. The number of amides is 2. The monoisotopic (exact) mass is 295 g/mol. The van der Waals surface area contributed by atoms with E-state index < -0.39 is 0 Å². The zero-order valence-electron chi connectivity index (χ0n) is 12.2. The molecule has 0 atom stereocenters. The van der Waals surface area contributed by atoms with E-state index in [4.69, 9.17) is 5.73 Å². The summed E-state index contributed by atoms with van der Waals surface area (Å²) >= 11 is 0. The Morgan fingerprint density at radius 2 is 1.91 bits per heavy atom. The van der Waals surface area contributed by atoms with Gasteiger partial charge in [0.25, 0.3) is 0 Å². The smallest absolute Gasteiger partial charge is 0.321 e. The molecule has 5 N–H and O–H groups in total. The van der Waals surface area contributed by atoms with Crippen LogP contribution in [0.1, 0.15) is 6.92 Å². The number of aromatic amines is 1. The first-order valence-corrected chi connectivity index (χ1v) is 7.06. The molecule has 0 bridgehead atoms. The largest absolute Gasteiger partial charge is 0.399 e. The molecule has 0 fully saturated rings. The van der Waals surface area contributed by atoms with E-state index in [1.54, 1.807) is 0 Å². The van der Waals surface area contributed by atoms with Crippen LogP contribution in [0.25, 0.3) is 22.2 Å². The number of carbonyl (C=O) groups excluding carboxylic acids is 1. The maximum Gasteiger partial charge on any atom is 0.321 e. The number of benzene rings is 2. The van der Waals surface area contributed by atoms with Gasteiger partial charge in [-0.3, -0.25) is 5.32 Å². The normalized spacial score (nSPS) is 10.6. The van der Waals surface area contributed by atoms with E-state index in [0.717, 1.165) is 27.8 Å². The van der Waals surface area contributed by atoms with Crippen molar-refractivity contribution in [3.63, 3.8) is 0 Å². The lowest BCUT2D eigenvalue weighted by Crippen LogP contribution is -2.28. The molecule has 0 aliphatic carbocycles. The highest BCUT2D eigenvalue weighted by molar-refractivity contribution is 5.90. The van der Waals surface area contributed by atoms with Crippen molar-refractivity contribution in [1.29, 1.82) is 0 Å². The van der Waals surface area contributed by atoms with Crippen LogP contribution in [0, 0.1) is 0 Å². The third-order valence-electron chi connectivity index (χ3n) is 3.30. The summed E-state index contributed by atoms with van der Waals surface area (Å²) in [5.74, 6) is 0.426. The predicted molar refractivity (Wildman–Crippen MR) is 88.6 cm³/mol. The highest BCUT2D eigenvalue weighted by atomic mass is 16.2. The molecule has 3 aromatic rings. The topological polar surface area (TPSA) is 95.8 Å². The third kappa shape index (κ3) is 2.85. The second-order valence-corrected chi connectivity index (χ2v) is 4.92. The van der Waals surface area contributed by atoms with Gasteiger partial charge in [-0.1, -0.05) is 18.2 Å². The molecule has 0 aliphatic rings. The first kappa shape index (κ1) is 13.9. The SMILES string of the molecule is CCNC(=O)Nc1nc2ccc(-c3ccc(N)cc3)cc2[nH]1. The van der Waals surface area contributed by atoms with Crippen LogP contribution in [0.5, 0.6) is 0 Å². The zero-order chi connectivity index (χ0) is 15.5. The molecule has 2 amide bonds. The predicted octanol–water partition coefficient (Wildman–Crippen LogP) is 2.95. The number of fused-ring (bicyclic) bond motifs is 1. The molecule has 0 saturated heterocycles. The molecule has 1 heterocycles. The highest BCUT2D eigenvalue weighted by Gasteiger charge is 2.07.